The molecular formula is C29H37N7. The minimum Gasteiger partial charge on any atom is -0.372 e. The molecule has 1 N–H and O–H groups in total. The zero-order chi connectivity index (χ0) is 26.1. The summed E-state index contributed by atoms with van der Waals surface area (Å²) >= 11 is 0. The summed E-state index contributed by atoms with van der Waals surface area (Å²) in [4.78, 5) is 7.11. The number of fused-ring (bicyclic) bond motifs is 1. The minimum absolute atomic E-state index is 0.739. The maximum absolute atomic E-state index is 8.50. The van der Waals surface area contributed by atoms with E-state index in [9.17, 15) is 0 Å². The first-order valence-corrected chi connectivity index (χ1v) is 12.6. The van der Waals surface area contributed by atoms with Crippen molar-refractivity contribution in [1.29, 1.82) is 5.26 Å². The first kappa shape index (κ1) is 26.8. The molecule has 36 heavy (non-hydrogen) atoms. The van der Waals surface area contributed by atoms with E-state index in [0.29, 0.717) is 0 Å². The summed E-state index contributed by atoms with van der Waals surface area (Å²) in [6.45, 7) is 11.7. The number of benzene rings is 1. The van der Waals surface area contributed by atoms with Gasteiger partial charge in [-0.15, -0.1) is 10.2 Å². The number of aromatic nitrogens is 4. The molecule has 7 heteroatoms. The van der Waals surface area contributed by atoms with Gasteiger partial charge in [0.25, 0.3) is 0 Å². The van der Waals surface area contributed by atoms with E-state index in [1.165, 1.54) is 29.7 Å². The highest BCUT2D eigenvalue weighted by Crippen LogP contribution is 2.28. The standard InChI is InChI=1S/C20H28N6.C9H9N/c1-5-11-26(12-6-2)14-15-13-17-16(9-10-22-20(17)25(15)4)18-7-8-19(21-3)24-23-18;1-7-3-4-9(6-10)5-8(7)2/h7-10,13H,5-6,11-12,14H2,1-4H3,(H,21,24);3-5H,1-2H3. The molecule has 0 fully saturated rings. The molecule has 0 aliphatic carbocycles. The number of anilines is 1. The van der Waals surface area contributed by atoms with Gasteiger partial charge in [0.2, 0.25) is 0 Å². The van der Waals surface area contributed by atoms with E-state index < -0.39 is 0 Å². The number of nitrogens with zero attached hydrogens (tertiary/aromatic N) is 6. The maximum Gasteiger partial charge on any atom is 0.148 e. The number of aryl methyl sites for hydroxylation is 3. The Hall–Kier alpha value is -3.76. The third kappa shape index (κ3) is 6.46. The lowest BCUT2D eigenvalue weighted by molar-refractivity contribution is 0.261. The molecule has 188 valence electrons. The summed E-state index contributed by atoms with van der Waals surface area (Å²) in [5.41, 5.74) is 7.37. The van der Waals surface area contributed by atoms with Crippen molar-refractivity contribution in [3.63, 3.8) is 0 Å². The SMILES string of the molecule is CCCN(CCC)Cc1cc2c(-c3ccc(NC)nn3)ccnc2n1C.Cc1ccc(C#N)cc1C. The number of nitriles is 1. The van der Waals surface area contributed by atoms with Crippen LogP contribution in [0.1, 0.15) is 49.1 Å². The number of nitrogens with one attached hydrogen (secondary N) is 1. The molecule has 4 rings (SSSR count). The largest absolute Gasteiger partial charge is 0.372 e. The molecule has 0 saturated heterocycles. The highest BCUT2D eigenvalue weighted by atomic mass is 15.2. The van der Waals surface area contributed by atoms with Crippen molar-refractivity contribution in [3.05, 3.63) is 71.0 Å². The van der Waals surface area contributed by atoms with Crippen LogP contribution in [0, 0.1) is 25.2 Å². The fourth-order valence-electron chi connectivity index (χ4n) is 4.20. The van der Waals surface area contributed by atoms with E-state index in [1.807, 2.05) is 63.5 Å². The number of rotatable bonds is 8. The molecule has 0 saturated carbocycles. The molecule has 0 aliphatic heterocycles. The molecule has 0 unspecified atom stereocenters. The molecule has 1 aromatic carbocycles. The Balaban J connectivity index is 0.000000303. The van der Waals surface area contributed by atoms with Crippen LogP contribution in [-0.4, -0.2) is 44.8 Å². The molecule has 4 aromatic rings. The monoisotopic (exact) mass is 483 g/mol. The lowest BCUT2D eigenvalue weighted by Crippen LogP contribution is -2.25. The Labute approximate surface area is 214 Å². The Kier molecular flexibility index (Phi) is 9.54. The first-order valence-electron chi connectivity index (χ1n) is 12.6. The Morgan fingerprint density at radius 1 is 0.972 bits per heavy atom. The van der Waals surface area contributed by atoms with Crippen LogP contribution in [0.15, 0.2) is 48.7 Å². The normalized spacial score (nSPS) is 10.7. The van der Waals surface area contributed by atoms with Crippen molar-refractivity contribution >= 4 is 16.9 Å². The van der Waals surface area contributed by atoms with Crippen LogP contribution in [0.2, 0.25) is 0 Å². The lowest BCUT2D eigenvalue weighted by atomic mass is 10.1. The molecule has 3 aromatic heterocycles. The number of pyridine rings is 1. The van der Waals surface area contributed by atoms with Crippen LogP contribution < -0.4 is 5.32 Å². The van der Waals surface area contributed by atoms with Crippen LogP contribution in [0.3, 0.4) is 0 Å². The predicted molar refractivity (Wildman–Crippen MR) is 148 cm³/mol. The van der Waals surface area contributed by atoms with Crippen LogP contribution in [-0.2, 0) is 13.6 Å². The van der Waals surface area contributed by atoms with Gasteiger partial charge < -0.3 is 9.88 Å². The summed E-state index contributed by atoms with van der Waals surface area (Å²) < 4.78 is 2.20. The number of hydrogen-bond donors (Lipinski definition) is 1. The van der Waals surface area contributed by atoms with Gasteiger partial charge in [0.15, 0.2) is 0 Å². The Morgan fingerprint density at radius 3 is 2.31 bits per heavy atom. The predicted octanol–water partition coefficient (Wildman–Crippen LogP) is 5.87. The van der Waals surface area contributed by atoms with Crippen molar-refractivity contribution in [2.75, 3.05) is 25.5 Å². The van der Waals surface area contributed by atoms with Crippen LogP contribution in [0.25, 0.3) is 22.3 Å². The van der Waals surface area contributed by atoms with Crippen molar-refractivity contribution in [1.82, 2.24) is 24.6 Å². The molecule has 0 bridgehead atoms. The van der Waals surface area contributed by atoms with E-state index in [2.05, 4.69) is 63.0 Å². The molecular weight excluding hydrogens is 446 g/mol. The summed E-state index contributed by atoms with van der Waals surface area (Å²) in [7, 11) is 3.94. The van der Waals surface area contributed by atoms with Gasteiger partial charge in [-0.1, -0.05) is 19.9 Å². The fraction of sp³-hybridized carbons (Fsp3) is 0.379. The molecule has 3 heterocycles. The van der Waals surface area contributed by atoms with Gasteiger partial charge in [0, 0.05) is 43.5 Å². The van der Waals surface area contributed by atoms with Crippen LogP contribution in [0.4, 0.5) is 5.82 Å². The maximum atomic E-state index is 8.50. The molecule has 0 aliphatic rings. The van der Waals surface area contributed by atoms with Gasteiger partial charge in [0.05, 0.1) is 17.3 Å². The van der Waals surface area contributed by atoms with Crippen molar-refractivity contribution < 1.29 is 0 Å². The third-order valence-corrected chi connectivity index (χ3v) is 6.33. The van der Waals surface area contributed by atoms with Crippen molar-refractivity contribution in [2.24, 2.45) is 7.05 Å². The van der Waals surface area contributed by atoms with E-state index in [4.69, 9.17) is 5.26 Å². The Bertz CT molecular complexity index is 1310. The second-order valence-electron chi connectivity index (χ2n) is 9.03. The van der Waals surface area contributed by atoms with Gasteiger partial charge in [0.1, 0.15) is 11.5 Å². The summed E-state index contributed by atoms with van der Waals surface area (Å²) in [5.74, 6) is 0.766. The Morgan fingerprint density at radius 2 is 1.72 bits per heavy atom. The molecule has 7 nitrogen and oxygen atoms in total. The van der Waals surface area contributed by atoms with Gasteiger partial charge in [-0.25, -0.2) is 4.98 Å². The van der Waals surface area contributed by atoms with E-state index in [0.717, 1.165) is 53.3 Å². The van der Waals surface area contributed by atoms with E-state index in [1.54, 1.807) is 0 Å². The second-order valence-corrected chi connectivity index (χ2v) is 9.03. The van der Waals surface area contributed by atoms with Crippen molar-refractivity contribution in [3.8, 4) is 17.3 Å². The van der Waals surface area contributed by atoms with Crippen molar-refractivity contribution in [2.45, 2.75) is 47.1 Å². The highest BCUT2D eigenvalue weighted by molar-refractivity contribution is 5.92. The van der Waals surface area contributed by atoms with Gasteiger partial charge in [-0.3, -0.25) is 4.90 Å². The van der Waals surface area contributed by atoms with Gasteiger partial charge >= 0.3 is 0 Å². The topological polar surface area (TPSA) is 82.7 Å². The zero-order valence-corrected chi connectivity index (χ0v) is 22.3. The summed E-state index contributed by atoms with van der Waals surface area (Å²) in [6.07, 6.45) is 4.19. The molecule has 0 amide bonds. The summed E-state index contributed by atoms with van der Waals surface area (Å²) in [6, 6.07) is 16.0. The van der Waals surface area contributed by atoms with Gasteiger partial charge in [-0.05, 0) is 87.3 Å². The van der Waals surface area contributed by atoms with E-state index >= 15 is 0 Å². The molecule has 0 atom stereocenters. The van der Waals surface area contributed by atoms with E-state index in [-0.39, 0.29) is 0 Å². The third-order valence-electron chi connectivity index (χ3n) is 6.33. The van der Waals surface area contributed by atoms with Crippen LogP contribution in [0.5, 0.6) is 0 Å². The quantitative estimate of drug-likeness (QED) is 0.337. The average Bonchev–Trinajstić information content (AvgIpc) is 3.21. The molecule has 0 spiro atoms. The fourth-order valence-corrected chi connectivity index (χ4v) is 4.20. The highest BCUT2D eigenvalue weighted by Gasteiger charge is 2.15. The minimum atomic E-state index is 0.739. The number of hydrogen-bond acceptors (Lipinski definition) is 6. The van der Waals surface area contributed by atoms with Gasteiger partial charge in [-0.2, -0.15) is 5.26 Å². The summed E-state index contributed by atoms with van der Waals surface area (Å²) in [5, 5.41) is 21.2. The lowest BCUT2D eigenvalue weighted by Gasteiger charge is -2.21. The molecule has 0 radical (unpaired) electrons. The average molecular weight is 484 g/mol. The second kappa shape index (κ2) is 12.8. The van der Waals surface area contributed by atoms with Crippen LogP contribution >= 0.6 is 0 Å². The zero-order valence-electron chi connectivity index (χ0n) is 22.3. The smallest absolute Gasteiger partial charge is 0.148 e. The first-order chi connectivity index (χ1) is 17.4.